The van der Waals surface area contributed by atoms with Crippen LogP contribution in [0.5, 0.6) is 11.5 Å². The van der Waals surface area contributed by atoms with E-state index in [1.807, 2.05) is 91.0 Å². The summed E-state index contributed by atoms with van der Waals surface area (Å²) < 4.78 is 18.9. The number of thioether (sulfide) groups is 1. The first-order valence-electron chi connectivity index (χ1n) is 17.1. The number of hydrogen-bond donors (Lipinski definition) is 3. The van der Waals surface area contributed by atoms with Gasteiger partial charge in [0, 0.05) is 42.4 Å². The topological polar surface area (TPSA) is 115 Å². The van der Waals surface area contributed by atoms with Crippen LogP contribution >= 0.6 is 11.8 Å². The summed E-state index contributed by atoms with van der Waals surface area (Å²) in [4.78, 5) is 21.4. The molecule has 3 unspecified atom stereocenters. The Hall–Kier alpha value is -5.52. The third-order valence-corrected chi connectivity index (χ3v) is 9.55. The van der Waals surface area contributed by atoms with Crippen molar-refractivity contribution >= 4 is 23.5 Å². The SMILES string of the molecule is O=C(NCc1cccc(-c2ccc(C3OC(CSc4ncccn4)CC(c4ccc(CO)cc4)O3)cc2)c1)Nc1ccc(Oc2ccccc2)cc1. The Morgan fingerprint density at radius 3 is 2.23 bits per heavy atom. The molecule has 52 heavy (non-hydrogen) atoms. The highest BCUT2D eigenvalue weighted by Crippen LogP contribution is 2.39. The Morgan fingerprint density at radius 2 is 1.48 bits per heavy atom. The lowest BCUT2D eigenvalue weighted by atomic mass is 9.99. The normalized spacial score (nSPS) is 16.9. The van der Waals surface area contributed by atoms with Crippen molar-refractivity contribution in [3.05, 3.63) is 168 Å². The van der Waals surface area contributed by atoms with Gasteiger partial charge in [0.2, 0.25) is 0 Å². The second kappa shape index (κ2) is 17.1. The predicted molar refractivity (Wildman–Crippen MR) is 202 cm³/mol. The van der Waals surface area contributed by atoms with Gasteiger partial charge in [-0.15, -0.1) is 0 Å². The molecule has 1 saturated heterocycles. The van der Waals surface area contributed by atoms with Crippen LogP contribution in [0, 0.1) is 0 Å². The number of carbonyl (C=O) groups excluding carboxylic acids is 1. The molecule has 2 amide bonds. The van der Waals surface area contributed by atoms with Crippen molar-refractivity contribution in [2.75, 3.05) is 11.1 Å². The van der Waals surface area contributed by atoms with E-state index in [9.17, 15) is 9.90 Å². The molecule has 1 aromatic heterocycles. The van der Waals surface area contributed by atoms with Crippen molar-refractivity contribution in [1.29, 1.82) is 0 Å². The molecule has 0 spiro atoms. The van der Waals surface area contributed by atoms with Gasteiger partial charge in [0.05, 0.1) is 18.8 Å². The van der Waals surface area contributed by atoms with Gasteiger partial charge in [0.25, 0.3) is 0 Å². The number of urea groups is 1. The van der Waals surface area contributed by atoms with E-state index in [0.29, 0.717) is 35.3 Å². The number of aliphatic hydroxyl groups is 1. The molecule has 6 aromatic rings. The first-order chi connectivity index (χ1) is 25.6. The zero-order chi connectivity index (χ0) is 35.5. The van der Waals surface area contributed by atoms with E-state index in [4.69, 9.17) is 14.2 Å². The van der Waals surface area contributed by atoms with E-state index < -0.39 is 6.29 Å². The van der Waals surface area contributed by atoms with Gasteiger partial charge in [-0.25, -0.2) is 14.8 Å². The monoisotopic (exact) mass is 710 g/mol. The molecule has 1 aliphatic rings. The third-order valence-electron chi connectivity index (χ3n) is 8.54. The highest BCUT2D eigenvalue weighted by atomic mass is 32.2. The molecule has 1 aliphatic heterocycles. The summed E-state index contributed by atoms with van der Waals surface area (Å²) in [7, 11) is 0. The molecule has 3 N–H and O–H groups in total. The van der Waals surface area contributed by atoms with Gasteiger partial charge in [-0.3, -0.25) is 0 Å². The number of anilines is 1. The van der Waals surface area contributed by atoms with Crippen molar-refractivity contribution in [1.82, 2.24) is 15.3 Å². The molecule has 7 rings (SSSR count). The summed E-state index contributed by atoms with van der Waals surface area (Å²) in [5.41, 5.74) is 6.52. The molecule has 0 saturated carbocycles. The Kier molecular flexibility index (Phi) is 11.5. The Balaban J connectivity index is 0.968. The maximum Gasteiger partial charge on any atom is 0.319 e. The summed E-state index contributed by atoms with van der Waals surface area (Å²) in [5.74, 6) is 2.12. The maximum atomic E-state index is 12.7. The first kappa shape index (κ1) is 34.9. The summed E-state index contributed by atoms with van der Waals surface area (Å²) in [5, 5.41) is 16.1. The number of amides is 2. The number of hydrogen-bond acceptors (Lipinski definition) is 8. The van der Waals surface area contributed by atoms with E-state index in [1.54, 1.807) is 42.4 Å². The minimum Gasteiger partial charge on any atom is -0.457 e. The van der Waals surface area contributed by atoms with Crippen molar-refractivity contribution < 1.29 is 24.1 Å². The maximum absolute atomic E-state index is 12.7. The molecule has 3 atom stereocenters. The Labute approximate surface area is 307 Å². The number of ether oxygens (including phenoxy) is 3. The van der Waals surface area contributed by atoms with E-state index in [2.05, 4.69) is 44.9 Å². The molecule has 0 radical (unpaired) electrons. The molecule has 262 valence electrons. The van der Waals surface area contributed by atoms with Crippen LogP contribution in [0.4, 0.5) is 10.5 Å². The van der Waals surface area contributed by atoms with Gasteiger partial charge in [-0.1, -0.05) is 96.7 Å². The van der Waals surface area contributed by atoms with Crippen LogP contribution in [-0.2, 0) is 22.6 Å². The van der Waals surface area contributed by atoms with E-state index in [-0.39, 0.29) is 24.8 Å². The van der Waals surface area contributed by atoms with Gasteiger partial charge < -0.3 is 30.0 Å². The fraction of sp³-hybridized carbons (Fsp3) is 0.167. The van der Waals surface area contributed by atoms with Crippen molar-refractivity contribution in [2.45, 2.75) is 43.2 Å². The van der Waals surface area contributed by atoms with Crippen LogP contribution in [-0.4, -0.2) is 33.0 Å². The van der Waals surface area contributed by atoms with E-state index in [1.165, 1.54) is 0 Å². The minimum atomic E-state index is -0.561. The average molecular weight is 711 g/mol. The largest absolute Gasteiger partial charge is 0.457 e. The number of nitrogens with one attached hydrogen (secondary N) is 2. The average Bonchev–Trinajstić information content (AvgIpc) is 3.21. The van der Waals surface area contributed by atoms with Crippen LogP contribution in [0.15, 0.2) is 151 Å². The number of nitrogens with zero attached hydrogens (tertiary/aromatic N) is 2. The van der Waals surface area contributed by atoms with Gasteiger partial charge in [0.15, 0.2) is 11.4 Å². The van der Waals surface area contributed by atoms with Crippen molar-refractivity contribution in [3.63, 3.8) is 0 Å². The van der Waals surface area contributed by atoms with Crippen LogP contribution in [0.25, 0.3) is 11.1 Å². The molecular formula is C42H38N4O5S. The van der Waals surface area contributed by atoms with Crippen molar-refractivity contribution in [2.24, 2.45) is 0 Å². The number of rotatable bonds is 12. The molecule has 10 heteroatoms. The highest BCUT2D eigenvalue weighted by molar-refractivity contribution is 7.99. The summed E-state index contributed by atoms with van der Waals surface area (Å²) in [6.07, 6.45) is 3.33. The number of para-hydroxylation sites is 1. The Bertz CT molecular complexity index is 2030. The van der Waals surface area contributed by atoms with Crippen LogP contribution in [0.1, 0.15) is 41.1 Å². The molecule has 2 heterocycles. The number of carbonyl (C=O) groups is 1. The molecular weight excluding hydrogens is 673 g/mol. The van der Waals surface area contributed by atoms with E-state index >= 15 is 0 Å². The second-order valence-corrected chi connectivity index (χ2v) is 13.2. The summed E-state index contributed by atoms with van der Waals surface area (Å²) in [6.45, 7) is 0.362. The molecule has 1 fully saturated rings. The lowest BCUT2D eigenvalue weighted by molar-refractivity contribution is -0.245. The van der Waals surface area contributed by atoms with Gasteiger partial charge in [-0.2, -0.15) is 0 Å². The fourth-order valence-electron chi connectivity index (χ4n) is 5.83. The summed E-state index contributed by atoms with van der Waals surface area (Å²) >= 11 is 1.56. The second-order valence-electron chi connectivity index (χ2n) is 12.3. The van der Waals surface area contributed by atoms with Gasteiger partial charge >= 0.3 is 6.03 Å². The van der Waals surface area contributed by atoms with Crippen LogP contribution < -0.4 is 15.4 Å². The lowest BCUT2D eigenvalue weighted by Crippen LogP contribution is -2.31. The molecule has 9 nitrogen and oxygen atoms in total. The summed E-state index contributed by atoms with van der Waals surface area (Å²) in [6, 6.07) is 42.5. The quantitative estimate of drug-likeness (QED) is 0.0852. The van der Waals surface area contributed by atoms with Crippen LogP contribution in [0.2, 0.25) is 0 Å². The zero-order valence-corrected chi connectivity index (χ0v) is 29.1. The fourth-order valence-corrected chi connectivity index (χ4v) is 6.65. The standard InChI is InChI=1S/C42H38N4O5S/c47-27-29-10-12-32(13-11-29)39-25-38(28-52-42-43-22-5-23-44-42)50-40(51-39)33-16-14-31(15-17-33)34-7-4-6-30(24-34)26-45-41(48)46-35-18-20-37(21-19-35)49-36-8-2-1-3-9-36/h1-24,38-40,47H,25-28H2,(H2,45,46,48). The minimum absolute atomic E-state index is 0.00338. The van der Waals surface area contributed by atoms with Crippen LogP contribution in [0.3, 0.4) is 0 Å². The smallest absolute Gasteiger partial charge is 0.319 e. The molecule has 0 bridgehead atoms. The lowest BCUT2D eigenvalue weighted by Gasteiger charge is -2.36. The van der Waals surface area contributed by atoms with Crippen molar-refractivity contribution in [3.8, 4) is 22.6 Å². The van der Waals surface area contributed by atoms with Gasteiger partial charge in [0.1, 0.15) is 11.5 Å². The number of benzene rings is 5. The third kappa shape index (κ3) is 9.42. The predicted octanol–water partition coefficient (Wildman–Crippen LogP) is 9.09. The Morgan fingerprint density at radius 1 is 0.750 bits per heavy atom. The number of aliphatic hydroxyl groups excluding tert-OH is 1. The molecule has 5 aromatic carbocycles. The first-order valence-corrected chi connectivity index (χ1v) is 18.0. The number of aromatic nitrogens is 2. The highest BCUT2D eigenvalue weighted by Gasteiger charge is 2.32. The zero-order valence-electron chi connectivity index (χ0n) is 28.3. The van der Waals surface area contributed by atoms with E-state index in [0.717, 1.165) is 39.1 Å². The molecule has 0 aliphatic carbocycles. The van der Waals surface area contributed by atoms with Gasteiger partial charge in [-0.05, 0) is 76.3 Å².